The fourth-order valence-electron chi connectivity index (χ4n) is 2.65. The van der Waals surface area contributed by atoms with Gasteiger partial charge in [0, 0.05) is 24.9 Å². The summed E-state index contributed by atoms with van der Waals surface area (Å²) in [6, 6.07) is 0. The lowest BCUT2D eigenvalue weighted by atomic mass is 9.96. The molecule has 6 nitrogen and oxygen atoms in total. The molecule has 4 rings (SSSR count). The highest BCUT2D eigenvalue weighted by atomic mass is 32.1. The first-order valence-electron chi connectivity index (χ1n) is 7.18. The first kappa shape index (κ1) is 12.3. The molecule has 2 aromatic heterocycles. The second-order valence-electron chi connectivity index (χ2n) is 5.63. The highest BCUT2D eigenvalue weighted by Gasteiger charge is 2.32. The predicted octanol–water partition coefficient (Wildman–Crippen LogP) is 2.49. The molecule has 3 heterocycles. The molecule has 20 heavy (non-hydrogen) atoms. The van der Waals surface area contributed by atoms with Gasteiger partial charge in [0.25, 0.3) is 0 Å². The summed E-state index contributed by atoms with van der Waals surface area (Å²) in [7, 11) is 0. The van der Waals surface area contributed by atoms with Crippen molar-refractivity contribution in [2.45, 2.75) is 44.4 Å². The topological polar surface area (TPSA) is 67.9 Å². The van der Waals surface area contributed by atoms with Crippen molar-refractivity contribution in [3.05, 3.63) is 16.7 Å². The molecule has 0 aromatic carbocycles. The fourth-order valence-corrected chi connectivity index (χ4v) is 3.39. The molecule has 0 amide bonds. The molecular formula is C13H17N5OS. The van der Waals surface area contributed by atoms with Crippen LogP contribution < -0.4 is 4.90 Å². The van der Waals surface area contributed by atoms with E-state index in [1.54, 1.807) is 11.3 Å². The van der Waals surface area contributed by atoms with E-state index in [1.165, 1.54) is 12.8 Å². The van der Waals surface area contributed by atoms with Gasteiger partial charge in [-0.3, -0.25) is 0 Å². The van der Waals surface area contributed by atoms with Gasteiger partial charge in [-0.1, -0.05) is 16.5 Å². The average Bonchev–Trinajstić information content (AvgIpc) is 3.04. The maximum Gasteiger partial charge on any atom is 0.229 e. The second-order valence-corrected chi connectivity index (χ2v) is 6.79. The molecule has 1 aliphatic heterocycles. The van der Waals surface area contributed by atoms with Gasteiger partial charge in [-0.25, -0.2) is 0 Å². The molecule has 1 aliphatic carbocycles. The maximum absolute atomic E-state index is 5.36. The van der Waals surface area contributed by atoms with Crippen molar-refractivity contribution in [1.29, 1.82) is 0 Å². The van der Waals surface area contributed by atoms with Crippen LogP contribution in [0.2, 0.25) is 0 Å². The predicted molar refractivity (Wildman–Crippen MR) is 75.1 cm³/mol. The lowest BCUT2D eigenvalue weighted by molar-refractivity contribution is 0.365. The average molecular weight is 291 g/mol. The lowest BCUT2D eigenvalue weighted by Crippen LogP contribution is -2.33. The number of piperidine rings is 1. The summed E-state index contributed by atoms with van der Waals surface area (Å²) in [6.07, 6.45) is 4.53. The van der Waals surface area contributed by atoms with Gasteiger partial charge in [0.2, 0.25) is 11.0 Å². The summed E-state index contributed by atoms with van der Waals surface area (Å²) in [5.74, 6) is 2.72. The van der Waals surface area contributed by atoms with Crippen molar-refractivity contribution in [3.8, 4) is 0 Å². The van der Waals surface area contributed by atoms with Gasteiger partial charge in [0.15, 0.2) is 5.82 Å². The van der Waals surface area contributed by atoms with Crippen LogP contribution in [-0.4, -0.2) is 33.4 Å². The van der Waals surface area contributed by atoms with Gasteiger partial charge in [-0.15, -0.1) is 10.2 Å². The van der Waals surface area contributed by atoms with E-state index in [1.807, 2.05) is 6.92 Å². The van der Waals surface area contributed by atoms with E-state index in [0.717, 1.165) is 47.8 Å². The number of rotatable bonds is 3. The number of hydrogen-bond acceptors (Lipinski definition) is 7. The van der Waals surface area contributed by atoms with Crippen molar-refractivity contribution < 1.29 is 4.52 Å². The van der Waals surface area contributed by atoms with Crippen molar-refractivity contribution in [3.63, 3.8) is 0 Å². The Balaban J connectivity index is 1.40. The molecule has 2 aromatic rings. The minimum Gasteiger partial charge on any atom is -0.347 e. The van der Waals surface area contributed by atoms with Gasteiger partial charge in [0.1, 0.15) is 5.01 Å². The molecule has 0 bridgehead atoms. The van der Waals surface area contributed by atoms with Crippen LogP contribution in [0, 0.1) is 6.92 Å². The van der Waals surface area contributed by atoms with Crippen LogP contribution in [-0.2, 0) is 0 Å². The van der Waals surface area contributed by atoms with Crippen LogP contribution in [0.25, 0.3) is 0 Å². The molecule has 2 fully saturated rings. The minimum atomic E-state index is 0.427. The van der Waals surface area contributed by atoms with E-state index in [2.05, 4.69) is 25.2 Å². The Bertz CT molecular complexity index is 597. The Hall–Kier alpha value is -1.50. The second kappa shape index (κ2) is 4.80. The number of aromatic nitrogens is 4. The van der Waals surface area contributed by atoms with Crippen molar-refractivity contribution in [2.75, 3.05) is 18.0 Å². The van der Waals surface area contributed by atoms with Crippen LogP contribution in [0.5, 0.6) is 0 Å². The largest absolute Gasteiger partial charge is 0.347 e. The molecule has 0 atom stereocenters. The smallest absolute Gasteiger partial charge is 0.229 e. The van der Waals surface area contributed by atoms with Crippen LogP contribution in [0.15, 0.2) is 4.52 Å². The van der Waals surface area contributed by atoms with Gasteiger partial charge in [-0.05, 0) is 32.6 Å². The highest BCUT2D eigenvalue weighted by molar-refractivity contribution is 7.15. The molecule has 0 N–H and O–H groups in total. The zero-order valence-corrected chi connectivity index (χ0v) is 12.3. The quantitative estimate of drug-likeness (QED) is 0.865. The molecule has 1 saturated carbocycles. The Morgan fingerprint density at radius 2 is 1.90 bits per heavy atom. The van der Waals surface area contributed by atoms with E-state index < -0.39 is 0 Å². The number of hydrogen-bond donors (Lipinski definition) is 0. The first-order valence-corrected chi connectivity index (χ1v) is 8.00. The zero-order valence-electron chi connectivity index (χ0n) is 11.4. The van der Waals surface area contributed by atoms with Crippen LogP contribution >= 0.6 is 11.3 Å². The molecule has 7 heteroatoms. The molecule has 106 valence electrons. The summed E-state index contributed by atoms with van der Waals surface area (Å²) < 4.78 is 5.36. The third kappa shape index (κ3) is 2.30. The third-order valence-corrected chi connectivity index (χ3v) is 4.93. The summed E-state index contributed by atoms with van der Waals surface area (Å²) in [6.45, 7) is 3.98. The summed E-state index contributed by atoms with van der Waals surface area (Å²) >= 11 is 1.66. The van der Waals surface area contributed by atoms with E-state index in [9.17, 15) is 0 Å². The number of aryl methyl sites for hydroxylation is 1. The van der Waals surface area contributed by atoms with Gasteiger partial charge in [0.05, 0.1) is 0 Å². The normalized spacial score (nSPS) is 20.6. The molecule has 2 aliphatic rings. The third-order valence-electron chi connectivity index (χ3n) is 4.03. The Morgan fingerprint density at radius 3 is 2.55 bits per heavy atom. The Kier molecular flexibility index (Phi) is 2.94. The maximum atomic E-state index is 5.36. The lowest BCUT2D eigenvalue weighted by Gasteiger charge is -2.29. The van der Waals surface area contributed by atoms with Crippen LogP contribution in [0.4, 0.5) is 5.13 Å². The fraction of sp³-hybridized carbons (Fsp3) is 0.692. The van der Waals surface area contributed by atoms with E-state index in [-0.39, 0.29) is 0 Å². The molecule has 1 saturated heterocycles. The summed E-state index contributed by atoms with van der Waals surface area (Å²) in [4.78, 5) is 6.88. The van der Waals surface area contributed by atoms with Crippen molar-refractivity contribution >= 4 is 16.5 Å². The molecule has 0 unspecified atom stereocenters. The van der Waals surface area contributed by atoms with E-state index in [4.69, 9.17) is 4.52 Å². The van der Waals surface area contributed by atoms with Crippen molar-refractivity contribution in [1.82, 2.24) is 20.3 Å². The van der Waals surface area contributed by atoms with E-state index >= 15 is 0 Å². The molecular weight excluding hydrogens is 274 g/mol. The summed E-state index contributed by atoms with van der Waals surface area (Å²) in [5.41, 5.74) is 0. The zero-order chi connectivity index (χ0) is 13.5. The molecule has 0 radical (unpaired) electrons. The molecule has 0 spiro atoms. The number of anilines is 1. The Labute approximate surface area is 121 Å². The summed E-state index contributed by atoms with van der Waals surface area (Å²) in [5, 5.41) is 14.5. The van der Waals surface area contributed by atoms with E-state index in [0.29, 0.717) is 11.8 Å². The van der Waals surface area contributed by atoms with Crippen LogP contribution in [0.3, 0.4) is 0 Å². The highest BCUT2D eigenvalue weighted by Crippen LogP contribution is 2.40. The first-order chi connectivity index (χ1) is 9.79. The minimum absolute atomic E-state index is 0.427. The van der Waals surface area contributed by atoms with Crippen LogP contribution in [0.1, 0.15) is 54.2 Å². The SMILES string of the molecule is Cc1nnc(N2CCC(c3noc(C4CC4)n3)CC2)s1. The van der Waals surface area contributed by atoms with Gasteiger partial charge in [-0.2, -0.15) is 4.98 Å². The Morgan fingerprint density at radius 1 is 1.10 bits per heavy atom. The number of nitrogens with zero attached hydrogens (tertiary/aromatic N) is 5. The standard InChI is InChI=1S/C13H17N5OS/c1-8-15-16-13(20-8)18-6-4-9(5-7-18)11-14-12(19-17-11)10-2-3-10/h9-10H,2-7H2,1H3. The van der Waals surface area contributed by atoms with Gasteiger partial charge < -0.3 is 9.42 Å². The van der Waals surface area contributed by atoms with Crippen molar-refractivity contribution in [2.24, 2.45) is 0 Å². The van der Waals surface area contributed by atoms with Gasteiger partial charge >= 0.3 is 0 Å². The monoisotopic (exact) mass is 291 g/mol.